The molecule has 3 nitrogen and oxygen atoms in total. The SMILES string of the molecule is CC(CCCCC(=O)O)Cc1cc(Cl)ccc1N. The Morgan fingerprint density at radius 2 is 2.17 bits per heavy atom. The third-order valence-electron chi connectivity index (χ3n) is 3.01. The predicted octanol–water partition coefficient (Wildman–Crippen LogP) is 3.75. The number of anilines is 1. The first kappa shape index (κ1) is 14.8. The molecule has 0 spiro atoms. The minimum absolute atomic E-state index is 0.256. The average Bonchev–Trinajstić information content (AvgIpc) is 2.29. The number of rotatable bonds is 7. The van der Waals surface area contributed by atoms with Crippen molar-refractivity contribution in [1.82, 2.24) is 0 Å². The van der Waals surface area contributed by atoms with E-state index in [1.54, 1.807) is 6.07 Å². The van der Waals surface area contributed by atoms with Crippen LogP contribution in [0.25, 0.3) is 0 Å². The highest BCUT2D eigenvalue weighted by Crippen LogP contribution is 2.23. The molecular formula is C14H20ClNO2. The molecule has 0 bridgehead atoms. The molecular weight excluding hydrogens is 250 g/mol. The second-order valence-electron chi connectivity index (χ2n) is 4.79. The van der Waals surface area contributed by atoms with Gasteiger partial charge >= 0.3 is 5.97 Å². The molecule has 100 valence electrons. The number of aliphatic carboxylic acids is 1. The lowest BCUT2D eigenvalue weighted by atomic mass is 9.94. The highest BCUT2D eigenvalue weighted by atomic mass is 35.5. The van der Waals surface area contributed by atoms with Gasteiger partial charge in [0.2, 0.25) is 0 Å². The smallest absolute Gasteiger partial charge is 0.303 e. The first-order valence-electron chi connectivity index (χ1n) is 6.24. The Hall–Kier alpha value is -1.22. The Morgan fingerprint density at radius 3 is 2.83 bits per heavy atom. The summed E-state index contributed by atoms with van der Waals surface area (Å²) in [5.41, 5.74) is 7.75. The zero-order chi connectivity index (χ0) is 13.5. The molecule has 0 fully saturated rings. The van der Waals surface area contributed by atoms with Crippen molar-refractivity contribution in [1.29, 1.82) is 0 Å². The van der Waals surface area contributed by atoms with Crippen LogP contribution in [0, 0.1) is 5.92 Å². The number of benzene rings is 1. The number of hydrogen-bond acceptors (Lipinski definition) is 2. The molecule has 1 aromatic rings. The third-order valence-corrected chi connectivity index (χ3v) is 3.25. The van der Waals surface area contributed by atoms with E-state index >= 15 is 0 Å². The van der Waals surface area contributed by atoms with E-state index in [2.05, 4.69) is 6.92 Å². The van der Waals surface area contributed by atoms with Crippen molar-refractivity contribution < 1.29 is 9.90 Å². The van der Waals surface area contributed by atoms with Crippen molar-refractivity contribution in [3.63, 3.8) is 0 Å². The number of nitrogens with two attached hydrogens (primary N) is 1. The van der Waals surface area contributed by atoms with Crippen LogP contribution in [0.1, 0.15) is 38.2 Å². The summed E-state index contributed by atoms with van der Waals surface area (Å²) < 4.78 is 0. The van der Waals surface area contributed by atoms with Crippen LogP contribution in [0.4, 0.5) is 5.69 Å². The van der Waals surface area contributed by atoms with Gasteiger partial charge in [-0.05, 0) is 42.5 Å². The van der Waals surface area contributed by atoms with Gasteiger partial charge in [-0.25, -0.2) is 0 Å². The van der Waals surface area contributed by atoms with Crippen LogP contribution in [-0.4, -0.2) is 11.1 Å². The molecule has 0 heterocycles. The Labute approximate surface area is 113 Å². The van der Waals surface area contributed by atoms with Crippen molar-refractivity contribution in [3.05, 3.63) is 28.8 Å². The van der Waals surface area contributed by atoms with Gasteiger partial charge < -0.3 is 10.8 Å². The molecule has 0 aromatic heterocycles. The molecule has 0 radical (unpaired) electrons. The molecule has 0 aliphatic rings. The molecule has 18 heavy (non-hydrogen) atoms. The maximum absolute atomic E-state index is 10.4. The molecule has 0 saturated heterocycles. The van der Waals surface area contributed by atoms with Gasteiger partial charge in [-0.2, -0.15) is 0 Å². The summed E-state index contributed by atoms with van der Waals surface area (Å²) in [7, 11) is 0. The molecule has 0 aliphatic heterocycles. The number of halogens is 1. The van der Waals surface area contributed by atoms with Crippen molar-refractivity contribution in [2.45, 2.75) is 39.0 Å². The number of unbranched alkanes of at least 4 members (excludes halogenated alkanes) is 1. The average molecular weight is 270 g/mol. The monoisotopic (exact) mass is 269 g/mol. The maximum atomic E-state index is 10.4. The predicted molar refractivity (Wildman–Crippen MR) is 74.8 cm³/mol. The Bertz CT molecular complexity index is 407. The fourth-order valence-corrected chi connectivity index (χ4v) is 2.19. The second kappa shape index (κ2) is 7.27. The Kier molecular flexibility index (Phi) is 5.99. The van der Waals surface area contributed by atoms with Crippen LogP contribution in [-0.2, 0) is 11.2 Å². The quantitative estimate of drug-likeness (QED) is 0.585. The standard InChI is InChI=1S/C14H20ClNO2/c1-10(4-2-3-5-14(17)18)8-11-9-12(15)6-7-13(11)16/h6-7,9-10H,2-5,8,16H2,1H3,(H,17,18). The van der Waals surface area contributed by atoms with Crippen LogP contribution in [0.5, 0.6) is 0 Å². The highest BCUT2D eigenvalue weighted by Gasteiger charge is 2.07. The van der Waals surface area contributed by atoms with Crippen LogP contribution in [0.15, 0.2) is 18.2 Å². The number of carboxylic acid groups (broad SMARTS) is 1. The normalized spacial score (nSPS) is 12.3. The van der Waals surface area contributed by atoms with E-state index in [0.29, 0.717) is 10.9 Å². The second-order valence-corrected chi connectivity index (χ2v) is 5.23. The lowest BCUT2D eigenvalue weighted by Crippen LogP contribution is -2.03. The van der Waals surface area contributed by atoms with Gasteiger partial charge in [0.25, 0.3) is 0 Å². The summed E-state index contributed by atoms with van der Waals surface area (Å²) in [6.07, 6.45) is 3.84. The fraction of sp³-hybridized carbons (Fsp3) is 0.500. The van der Waals surface area contributed by atoms with Crippen molar-refractivity contribution >= 4 is 23.3 Å². The zero-order valence-corrected chi connectivity index (χ0v) is 11.4. The molecule has 0 amide bonds. The highest BCUT2D eigenvalue weighted by molar-refractivity contribution is 6.30. The first-order chi connectivity index (χ1) is 8.49. The molecule has 1 rings (SSSR count). The Balaban J connectivity index is 2.37. The molecule has 1 atom stereocenters. The van der Waals surface area contributed by atoms with E-state index in [4.69, 9.17) is 22.4 Å². The van der Waals surface area contributed by atoms with Gasteiger partial charge in [0.15, 0.2) is 0 Å². The number of hydrogen-bond donors (Lipinski definition) is 2. The van der Waals surface area contributed by atoms with Crippen LogP contribution >= 0.6 is 11.6 Å². The molecule has 1 unspecified atom stereocenters. The molecule has 0 saturated carbocycles. The van der Waals surface area contributed by atoms with Crippen LogP contribution in [0.2, 0.25) is 5.02 Å². The molecule has 3 N–H and O–H groups in total. The zero-order valence-electron chi connectivity index (χ0n) is 10.7. The van der Waals surface area contributed by atoms with Gasteiger partial charge in [-0.15, -0.1) is 0 Å². The Morgan fingerprint density at radius 1 is 1.44 bits per heavy atom. The number of carboxylic acids is 1. The van der Waals surface area contributed by atoms with E-state index in [1.165, 1.54) is 0 Å². The first-order valence-corrected chi connectivity index (χ1v) is 6.62. The summed E-state index contributed by atoms with van der Waals surface area (Å²) in [6, 6.07) is 5.53. The van der Waals surface area contributed by atoms with E-state index in [1.807, 2.05) is 12.1 Å². The van der Waals surface area contributed by atoms with E-state index in [-0.39, 0.29) is 6.42 Å². The number of nitrogen functional groups attached to an aromatic ring is 1. The van der Waals surface area contributed by atoms with Gasteiger partial charge in [-0.1, -0.05) is 31.4 Å². The summed E-state index contributed by atoms with van der Waals surface area (Å²) in [5, 5.41) is 9.26. The van der Waals surface area contributed by atoms with E-state index in [9.17, 15) is 4.79 Å². The molecule has 4 heteroatoms. The molecule has 1 aromatic carbocycles. The summed E-state index contributed by atoms with van der Waals surface area (Å²) >= 11 is 5.94. The van der Waals surface area contributed by atoms with Gasteiger partial charge in [-0.3, -0.25) is 4.79 Å². The van der Waals surface area contributed by atoms with Crippen LogP contribution in [0.3, 0.4) is 0 Å². The third kappa shape index (κ3) is 5.41. The lowest BCUT2D eigenvalue weighted by molar-refractivity contribution is -0.137. The number of carbonyl (C=O) groups is 1. The molecule has 0 aliphatic carbocycles. The topological polar surface area (TPSA) is 63.3 Å². The maximum Gasteiger partial charge on any atom is 0.303 e. The van der Waals surface area contributed by atoms with Crippen molar-refractivity contribution in [2.24, 2.45) is 5.92 Å². The van der Waals surface area contributed by atoms with Crippen molar-refractivity contribution in [2.75, 3.05) is 5.73 Å². The summed E-state index contributed by atoms with van der Waals surface area (Å²) in [5.74, 6) is -0.235. The van der Waals surface area contributed by atoms with E-state index in [0.717, 1.165) is 36.9 Å². The van der Waals surface area contributed by atoms with E-state index < -0.39 is 5.97 Å². The van der Waals surface area contributed by atoms with Gasteiger partial charge in [0, 0.05) is 17.1 Å². The largest absolute Gasteiger partial charge is 0.481 e. The minimum atomic E-state index is -0.721. The summed E-state index contributed by atoms with van der Waals surface area (Å²) in [6.45, 7) is 2.15. The van der Waals surface area contributed by atoms with Gasteiger partial charge in [0.1, 0.15) is 0 Å². The summed E-state index contributed by atoms with van der Waals surface area (Å²) in [4.78, 5) is 10.4. The minimum Gasteiger partial charge on any atom is -0.481 e. The van der Waals surface area contributed by atoms with Crippen molar-refractivity contribution in [3.8, 4) is 0 Å². The van der Waals surface area contributed by atoms with Crippen LogP contribution < -0.4 is 5.73 Å². The lowest BCUT2D eigenvalue weighted by Gasteiger charge is -2.13. The van der Waals surface area contributed by atoms with Gasteiger partial charge in [0.05, 0.1) is 0 Å². The fourth-order valence-electron chi connectivity index (χ4n) is 2.00.